The van der Waals surface area contributed by atoms with Gasteiger partial charge in [0.15, 0.2) is 0 Å². The van der Waals surface area contributed by atoms with Gasteiger partial charge in [-0.05, 0) is 87.7 Å². The number of oxazole rings is 2. The summed E-state index contributed by atoms with van der Waals surface area (Å²) in [5.41, 5.74) is 4.34. The summed E-state index contributed by atoms with van der Waals surface area (Å²) in [6.45, 7) is 6.69. The molecule has 2 unspecified atom stereocenters. The normalized spacial score (nSPS) is 16.8. The lowest BCUT2D eigenvalue weighted by Gasteiger charge is -2.39. The van der Waals surface area contributed by atoms with Crippen LogP contribution < -0.4 is 0 Å². The largest absolute Gasteiger partial charge is 0.442 e. The Kier molecular flexibility index (Phi) is 12.5. The van der Waals surface area contributed by atoms with Crippen LogP contribution in [0.4, 0.5) is 0 Å². The molecule has 52 heavy (non-hydrogen) atoms. The quantitative estimate of drug-likeness (QED) is 0.120. The second-order valence-electron chi connectivity index (χ2n) is 14.7. The smallest absolute Gasteiger partial charge is 0.263 e. The third-order valence-electron chi connectivity index (χ3n) is 11.1. The monoisotopic (exact) mass is 706 g/mol. The zero-order valence-corrected chi connectivity index (χ0v) is 30.4. The van der Waals surface area contributed by atoms with Crippen LogP contribution >= 0.6 is 0 Å². The van der Waals surface area contributed by atoms with E-state index in [1.807, 2.05) is 66.1 Å². The van der Waals surface area contributed by atoms with E-state index in [4.69, 9.17) is 8.83 Å². The fourth-order valence-electron chi connectivity index (χ4n) is 8.14. The molecule has 0 spiro atoms. The molecule has 4 heterocycles. The number of hydrogen-bond donors (Lipinski definition) is 0. The summed E-state index contributed by atoms with van der Waals surface area (Å²) in [6, 6.07) is 16.2. The number of benzene rings is 2. The van der Waals surface area contributed by atoms with Gasteiger partial charge in [0.1, 0.15) is 12.5 Å². The van der Waals surface area contributed by atoms with E-state index in [9.17, 15) is 19.2 Å². The Labute approximate surface area is 306 Å². The van der Waals surface area contributed by atoms with E-state index in [1.54, 1.807) is 0 Å². The molecule has 2 aromatic carbocycles. The van der Waals surface area contributed by atoms with E-state index in [0.717, 1.165) is 48.8 Å². The molecular formula is C42H50N4O6. The topological polar surface area (TPSA) is 127 Å². The molecular weight excluding hydrogens is 656 g/mol. The Morgan fingerprint density at radius 1 is 0.731 bits per heavy atom. The summed E-state index contributed by atoms with van der Waals surface area (Å²) < 4.78 is 10.9. The average Bonchev–Trinajstić information content (AvgIpc) is 3.90. The van der Waals surface area contributed by atoms with Crippen molar-refractivity contribution in [3.63, 3.8) is 0 Å². The Morgan fingerprint density at radius 3 is 1.96 bits per heavy atom. The van der Waals surface area contributed by atoms with E-state index in [0.29, 0.717) is 57.8 Å². The summed E-state index contributed by atoms with van der Waals surface area (Å²) in [5.74, 6) is 0.0817. The number of hydrogen-bond acceptors (Lipinski definition) is 8. The molecule has 2 fully saturated rings. The molecule has 0 aliphatic carbocycles. The number of aromatic nitrogens is 2. The van der Waals surface area contributed by atoms with Gasteiger partial charge in [0.2, 0.25) is 23.4 Å². The average molecular weight is 707 g/mol. The van der Waals surface area contributed by atoms with Gasteiger partial charge in [-0.15, -0.1) is 0 Å². The number of amides is 2. The Bertz CT molecular complexity index is 1770. The molecule has 0 N–H and O–H groups in total. The SMILES string of the molecule is Cc1ccc(CC(=O)N2CCC(CCC(C(=O)c3ncco3)C(CCC(=O)c3ncco3)C3CCN(C(=O)Cc4cccc(C)c4)CC3)CC2)cc1. The second kappa shape index (κ2) is 17.6. The maximum atomic E-state index is 14.2. The molecule has 6 rings (SSSR count). The molecule has 0 saturated carbocycles. The van der Waals surface area contributed by atoms with Crippen LogP contribution in [0.1, 0.15) is 95.0 Å². The number of carbonyl (C=O) groups is 4. The Morgan fingerprint density at radius 2 is 1.35 bits per heavy atom. The predicted octanol–water partition coefficient (Wildman–Crippen LogP) is 7.10. The number of rotatable bonds is 15. The highest BCUT2D eigenvalue weighted by atomic mass is 16.4. The van der Waals surface area contributed by atoms with Gasteiger partial charge in [0.25, 0.3) is 11.8 Å². The zero-order chi connectivity index (χ0) is 36.5. The van der Waals surface area contributed by atoms with E-state index in [-0.39, 0.29) is 53.4 Å². The maximum Gasteiger partial charge on any atom is 0.263 e. The van der Waals surface area contributed by atoms with Gasteiger partial charge < -0.3 is 18.6 Å². The highest BCUT2D eigenvalue weighted by Crippen LogP contribution is 2.39. The second-order valence-corrected chi connectivity index (χ2v) is 14.7. The van der Waals surface area contributed by atoms with Crippen LogP contribution in [0.5, 0.6) is 0 Å². The van der Waals surface area contributed by atoms with E-state index in [1.165, 1.54) is 30.5 Å². The van der Waals surface area contributed by atoms with Gasteiger partial charge in [-0.3, -0.25) is 19.2 Å². The van der Waals surface area contributed by atoms with Gasteiger partial charge in [-0.2, -0.15) is 0 Å². The van der Waals surface area contributed by atoms with Gasteiger partial charge in [0.05, 0.1) is 25.2 Å². The van der Waals surface area contributed by atoms with Crippen molar-refractivity contribution in [3.8, 4) is 0 Å². The molecule has 274 valence electrons. The molecule has 2 aromatic heterocycles. The first kappa shape index (κ1) is 36.9. The van der Waals surface area contributed by atoms with E-state index in [2.05, 4.69) is 16.0 Å². The number of Topliss-reactive ketones (excluding diaryl/α,β-unsaturated/α-hetero) is 2. The summed E-state index contributed by atoms with van der Waals surface area (Å²) in [5, 5.41) is 0. The van der Waals surface area contributed by atoms with Crippen molar-refractivity contribution in [2.75, 3.05) is 26.2 Å². The Hall–Kier alpha value is -4.86. The van der Waals surface area contributed by atoms with E-state index >= 15 is 0 Å². The predicted molar refractivity (Wildman–Crippen MR) is 195 cm³/mol. The summed E-state index contributed by atoms with van der Waals surface area (Å²) in [6.07, 6.45) is 12.0. The van der Waals surface area contributed by atoms with Crippen LogP contribution in [-0.4, -0.2) is 69.3 Å². The molecule has 10 heteroatoms. The van der Waals surface area contributed by atoms with Gasteiger partial charge in [0, 0.05) is 38.5 Å². The minimum absolute atomic E-state index is 0.0783. The van der Waals surface area contributed by atoms with Crippen LogP contribution in [-0.2, 0) is 22.4 Å². The highest BCUT2D eigenvalue weighted by molar-refractivity contribution is 5.94. The van der Waals surface area contributed by atoms with Crippen molar-refractivity contribution >= 4 is 23.4 Å². The first-order valence-corrected chi connectivity index (χ1v) is 18.8. The lowest BCUT2D eigenvalue weighted by Crippen LogP contribution is -2.43. The third kappa shape index (κ3) is 9.72. The summed E-state index contributed by atoms with van der Waals surface area (Å²) >= 11 is 0. The molecule has 2 amide bonds. The minimum Gasteiger partial charge on any atom is -0.442 e. The fourth-order valence-corrected chi connectivity index (χ4v) is 8.14. The first-order chi connectivity index (χ1) is 25.2. The fraction of sp³-hybridized carbons (Fsp3) is 0.476. The van der Waals surface area contributed by atoms with Gasteiger partial charge in [-0.1, -0.05) is 59.7 Å². The van der Waals surface area contributed by atoms with Crippen LogP contribution in [0, 0.1) is 37.5 Å². The van der Waals surface area contributed by atoms with Crippen LogP contribution in [0.25, 0.3) is 0 Å². The highest BCUT2D eigenvalue weighted by Gasteiger charge is 2.39. The van der Waals surface area contributed by atoms with E-state index < -0.39 is 5.92 Å². The van der Waals surface area contributed by atoms with Crippen LogP contribution in [0.3, 0.4) is 0 Å². The van der Waals surface area contributed by atoms with Crippen molar-refractivity contribution < 1.29 is 28.0 Å². The van der Waals surface area contributed by atoms with Crippen LogP contribution in [0.15, 0.2) is 82.3 Å². The van der Waals surface area contributed by atoms with Crippen molar-refractivity contribution in [1.29, 1.82) is 0 Å². The molecule has 2 aliphatic heterocycles. The molecule has 2 aliphatic rings. The molecule has 10 nitrogen and oxygen atoms in total. The Balaban J connectivity index is 1.12. The summed E-state index contributed by atoms with van der Waals surface area (Å²) in [4.78, 5) is 65.9. The van der Waals surface area contributed by atoms with Crippen molar-refractivity contribution in [3.05, 3.63) is 107 Å². The molecule has 2 atom stereocenters. The van der Waals surface area contributed by atoms with Crippen molar-refractivity contribution in [2.24, 2.45) is 23.7 Å². The molecule has 4 aromatic rings. The number of ketones is 2. The number of aryl methyl sites for hydroxylation is 2. The molecule has 0 radical (unpaired) electrons. The first-order valence-electron chi connectivity index (χ1n) is 18.8. The number of carbonyl (C=O) groups excluding carboxylic acids is 4. The van der Waals surface area contributed by atoms with Crippen LogP contribution in [0.2, 0.25) is 0 Å². The number of nitrogens with zero attached hydrogens (tertiary/aromatic N) is 4. The number of likely N-dealkylation sites (tertiary alicyclic amines) is 2. The minimum atomic E-state index is -0.406. The van der Waals surface area contributed by atoms with Crippen molar-refractivity contribution in [1.82, 2.24) is 19.8 Å². The van der Waals surface area contributed by atoms with Gasteiger partial charge in [-0.25, -0.2) is 9.97 Å². The maximum absolute atomic E-state index is 14.2. The standard InChI is InChI=1S/C42H50N4O6/c1-29-6-8-32(9-7-29)27-38(48)45-20-14-31(15-21-45)10-11-36(40(50)42-44-19-25-52-42)35(12-13-37(47)41-43-18-24-51-41)34-16-22-46(23-17-34)39(49)28-33-5-3-4-30(2)26-33/h3-9,18-19,24-26,31,34-36H,10-17,20-23,27-28H2,1-2H3. The zero-order valence-electron chi connectivity index (χ0n) is 30.4. The summed E-state index contributed by atoms with van der Waals surface area (Å²) in [7, 11) is 0. The van der Waals surface area contributed by atoms with Crippen molar-refractivity contribution in [2.45, 2.75) is 78.1 Å². The molecule has 2 saturated heterocycles. The van der Waals surface area contributed by atoms with Gasteiger partial charge >= 0.3 is 0 Å². The lowest BCUT2D eigenvalue weighted by molar-refractivity contribution is -0.133. The lowest BCUT2D eigenvalue weighted by atomic mass is 9.70. The molecule has 0 bridgehead atoms. The third-order valence-corrected chi connectivity index (χ3v) is 11.1. The number of piperidine rings is 2.